The molecule has 0 radical (unpaired) electrons. The van der Waals surface area contributed by atoms with E-state index in [2.05, 4.69) is 6.92 Å². The lowest BCUT2D eigenvalue weighted by molar-refractivity contribution is -0.137. The molecule has 11 heteroatoms. The summed E-state index contributed by atoms with van der Waals surface area (Å²) in [7, 11) is 0. The lowest BCUT2D eigenvalue weighted by Crippen LogP contribution is -2.14. The first-order valence-electron chi connectivity index (χ1n) is 17.7. The fourth-order valence-electron chi connectivity index (χ4n) is 4.20. The van der Waals surface area contributed by atoms with Crippen molar-refractivity contribution in [3.8, 4) is 0 Å². The summed E-state index contributed by atoms with van der Waals surface area (Å²) in [6.07, 6.45) is 20.2. The Bertz CT molecular complexity index is 504. The number of hydrogen-bond donors (Lipinski definition) is 3. The summed E-state index contributed by atoms with van der Waals surface area (Å²) in [6.45, 7) is 9.07. The molecule has 0 aliphatic carbocycles. The number of ether oxygens (including phenoxy) is 7. The van der Waals surface area contributed by atoms with E-state index in [9.17, 15) is 4.79 Å². The molecule has 0 spiro atoms. The molecule has 45 heavy (non-hydrogen) atoms. The van der Waals surface area contributed by atoms with Crippen LogP contribution in [0.2, 0.25) is 0 Å². The van der Waals surface area contributed by atoms with Gasteiger partial charge >= 0.3 is 5.97 Å². The van der Waals surface area contributed by atoms with Gasteiger partial charge in [-0.25, -0.2) is 0 Å². The van der Waals surface area contributed by atoms with Crippen LogP contribution in [0.1, 0.15) is 110 Å². The van der Waals surface area contributed by atoms with Crippen molar-refractivity contribution in [2.75, 3.05) is 106 Å². The molecule has 0 atom stereocenters. The van der Waals surface area contributed by atoms with Crippen LogP contribution in [-0.2, 0) is 38.0 Å². The largest absolute Gasteiger partial charge is 0.481 e. The molecular formula is C34H70O11. The van der Waals surface area contributed by atoms with Gasteiger partial charge in [0, 0.05) is 6.42 Å². The van der Waals surface area contributed by atoms with Gasteiger partial charge in [0.05, 0.1) is 106 Å². The van der Waals surface area contributed by atoms with Crippen molar-refractivity contribution >= 4 is 5.97 Å². The smallest absolute Gasteiger partial charge is 0.303 e. The predicted molar refractivity (Wildman–Crippen MR) is 177 cm³/mol. The fraction of sp³-hybridized carbons (Fsp3) is 0.971. The molecule has 0 aromatic heterocycles. The van der Waals surface area contributed by atoms with E-state index in [0.717, 1.165) is 12.8 Å². The monoisotopic (exact) mass is 654 g/mol. The number of carboxylic acids is 1. The topological polar surface area (TPSA) is 142 Å². The molecule has 0 aliphatic heterocycles. The maximum atomic E-state index is 10.3. The average molecular weight is 655 g/mol. The van der Waals surface area contributed by atoms with Gasteiger partial charge in [0.2, 0.25) is 0 Å². The quantitative estimate of drug-likeness (QED) is 0.0735. The van der Waals surface area contributed by atoms with Gasteiger partial charge in [-0.15, -0.1) is 0 Å². The molecule has 0 unspecified atom stereocenters. The van der Waals surface area contributed by atoms with Crippen LogP contribution in [-0.4, -0.2) is 127 Å². The van der Waals surface area contributed by atoms with E-state index in [-0.39, 0.29) is 13.2 Å². The molecule has 272 valence electrons. The second-order valence-electron chi connectivity index (χ2n) is 10.8. The second-order valence-corrected chi connectivity index (χ2v) is 10.8. The lowest BCUT2D eigenvalue weighted by atomic mass is 10.0. The molecule has 0 saturated heterocycles. The SMILES string of the molecule is CCCCCCCCCCCCCCCCCC(=O)O.OCCOCCOCCOCCOCCOCCOCCOCCO. The summed E-state index contributed by atoms with van der Waals surface area (Å²) in [5.74, 6) is -0.653. The summed E-state index contributed by atoms with van der Waals surface area (Å²) in [5.41, 5.74) is 0. The molecule has 0 fully saturated rings. The number of unbranched alkanes of at least 4 members (excludes halogenated alkanes) is 14. The van der Waals surface area contributed by atoms with Crippen molar-refractivity contribution < 1.29 is 53.3 Å². The van der Waals surface area contributed by atoms with Crippen molar-refractivity contribution in [3.05, 3.63) is 0 Å². The maximum absolute atomic E-state index is 10.3. The molecule has 0 bridgehead atoms. The van der Waals surface area contributed by atoms with Crippen LogP contribution in [0.5, 0.6) is 0 Å². The molecule has 3 N–H and O–H groups in total. The highest BCUT2D eigenvalue weighted by atomic mass is 16.6. The zero-order valence-corrected chi connectivity index (χ0v) is 28.7. The minimum atomic E-state index is -0.653. The summed E-state index contributed by atoms with van der Waals surface area (Å²) >= 11 is 0. The standard InChI is InChI=1S/C18H36O2.C16H34O9/c1-2-3-4-5-6-7-8-9-10-11-12-13-14-15-16-17-18(19)20;17-1-3-19-5-7-21-9-11-23-13-15-25-16-14-24-12-10-22-8-6-20-4-2-18/h2-17H2,1H3,(H,19,20);17-18H,1-16H2. The highest BCUT2D eigenvalue weighted by Gasteiger charge is 1.98. The number of rotatable bonds is 38. The van der Waals surface area contributed by atoms with Gasteiger partial charge in [-0.3, -0.25) is 4.79 Å². The molecule has 0 amide bonds. The summed E-state index contributed by atoms with van der Waals surface area (Å²) in [5, 5.41) is 25.5. The van der Waals surface area contributed by atoms with Gasteiger partial charge in [0.1, 0.15) is 0 Å². The third-order valence-corrected chi connectivity index (χ3v) is 6.70. The van der Waals surface area contributed by atoms with Gasteiger partial charge in [-0.05, 0) is 6.42 Å². The van der Waals surface area contributed by atoms with E-state index in [1.807, 2.05) is 0 Å². The van der Waals surface area contributed by atoms with Gasteiger partial charge in [-0.2, -0.15) is 0 Å². The van der Waals surface area contributed by atoms with E-state index in [1.165, 1.54) is 83.5 Å². The first-order valence-corrected chi connectivity index (χ1v) is 17.7. The normalized spacial score (nSPS) is 11.1. The number of hydrogen-bond acceptors (Lipinski definition) is 10. The number of aliphatic carboxylic acids is 1. The van der Waals surface area contributed by atoms with Crippen LogP contribution in [0.15, 0.2) is 0 Å². The number of carbonyl (C=O) groups is 1. The Morgan fingerprint density at radius 3 is 0.822 bits per heavy atom. The first kappa shape index (κ1) is 46.2. The second kappa shape index (κ2) is 45.2. The first-order chi connectivity index (χ1) is 22.2. The van der Waals surface area contributed by atoms with E-state index >= 15 is 0 Å². The maximum Gasteiger partial charge on any atom is 0.303 e. The third kappa shape index (κ3) is 50.2. The van der Waals surface area contributed by atoms with Crippen molar-refractivity contribution in [1.29, 1.82) is 0 Å². The van der Waals surface area contributed by atoms with Gasteiger partial charge in [0.15, 0.2) is 0 Å². The molecule has 11 nitrogen and oxygen atoms in total. The molecule has 0 rings (SSSR count). The van der Waals surface area contributed by atoms with Crippen LogP contribution in [0, 0.1) is 0 Å². The number of aliphatic hydroxyl groups excluding tert-OH is 2. The Morgan fingerprint density at radius 2 is 0.600 bits per heavy atom. The van der Waals surface area contributed by atoms with Crippen LogP contribution in [0.3, 0.4) is 0 Å². The minimum Gasteiger partial charge on any atom is -0.481 e. The van der Waals surface area contributed by atoms with Crippen LogP contribution >= 0.6 is 0 Å². The highest BCUT2D eigenvalue weighted by molar-refractivity contribution is 5.66. The van der Waals surface area contributed by atoms with Crippen LogP contribution < -0.4 is 0 Å². The lowest BCUT2D eigenvalue weighted by Gasteiger charge is -2.08. The van der Waals surface area contributed by atoms with Gasteiger partial charge < -0.3 is 48.5 Å². The zero-order chi connectivity index (χ0) is 33.2. The molecule has 0 aromatic rings. The number of aliphatic hydroxyl groups is 2. The summed E-state index contributed by atoms with van der Waals surface area (Å²) in [4.78, 5) is 10.3. The fourth-order valence-corrected chi connectivity index (χ4v) is 4.20. The Labute approximate surface area is 274 Å². The minimum absolute atomic E-state index is 0.0312. The van der Waals surface area contributed by atoms with Crippen LogP contribution in [0.4, 0.5) is 0 Å². The highest BCUT2D eigenvalue weighted by Crippen LogP contribution is 2.13. The van der Waals surface area contributed by atoms with Crippen LogP contribution in [0.25, 0.3) is 0 Å². The number of carboxylic acid groups (broad SMARTS) is 1. The third-order valence-electron chi connectivity index (χ3n) is 6.70. The van der Waals surface area contributed by atoms with Crippen molar-refractivity contribution in [2.24, 2.45) is 0 Å². The van der Waals surface area contributed by atoms with Crippen molar-refractivity contribution in [2.45, 2.75) is 110 Å². The Morgan fingerprint density at radius 1 is 0.378 bits per heavy atom. The van der Waals surface area contributed by atoms with Gasteiger partial charge in [-0.1, -0.05) is 96.8 Å². The average Bonchev–Trinajstić information content (AvgIpc) is 3.04. The van der Waals surface area contributed by atoms with Crippen molar-refractivity contribution in [3.63, 3.8) is 0 Å². The molecule has 0 aromatic carbocycles. The van der Waals surface area contributed by atoms with E-state index in [0.29, 0.717) is 98.9 Å². The Balaban J connectivity index is 0. The summed E-state index contributed by atoms with van der Waals surface area (Å²) < 4.78 is 36.7. The predicted octanol–water partition coefficient (Wildman–Crippen LogP) is 5.42. The molecule has 0 aliphatic rings. The van der Waals surface area contributed by atoms with E-state index in [4.69, 9.17) is 48.5 Å². The molecule has 0 heterocycles. The van der Waals surface area contributed by atoms with Gasteiger partial charge in [0.25, 0.3) is 0 Å². The van der Waals surface area contributed by atoms with E-state index in [1.54, 1.807) is 0 Å². The molecule has 0 saturated carbocycles. The summed E-state index contributed by atoms with van der Waals surface area (Å²) in [6, 6.07) is 0. The van der Waals surface area contributed by atoms with Crippen molar-refractivity contribution in [1.82, 2.24) is 0 Å². The van der Waals surface area contributed by atoms with E-state index < -0.39 is 5.97 Å². The molecular weight excluding hydrogens is 584 g/mol. The Kier molecular flexibility index (Phi) is 46.5. The zero-order valence-electron chi connectivity index (χ0n) is 28.7. The Hall–Kier alpha value is -0.890.